The number of anilines is 1. The summed E-state index contributed by atoms with van der Waals surface area (Å²) < 4.78 is 0. The number of likely N-dealkylation sites (tertiary alicyclic amines) is 1. The summed E-state index contributed by atoms with van der Waals surface area (Å²) >= 11 is 0. The summed E-state index contributed by atoms with van der Waals surface area (Å²) in [7, 11) is 0. The summed E-state index contributed by atoms with van der Waals surface area (Å²) in [5.74, 6) is 0.889. The predicted octanol–water partition coefficient (Wildman–Crippen LogP) is 2.42. The fourth-order valence-electron chi connectivity index (χ4n) is 2.85. The minimum Gasteiger partial charge on any atom is -0.366 e. The van der Waals surface area contributed by atoms with Gasteiger partial charge in [-0.1, -0.05) is 12.1 Å². The van der Waals surface area contributed by atoms with Gasteiger partial charge in [0, 0.05) is 25.3 Å². The number of nitrogens with one attached hydrogen (secondary N) is 1. The van der Waals surface area contributed by atoms with E-state index in [1.165, 1.54) is 12.0 Å². The Labute approximate surface area is 130 Å². The molecule has 1 unspecified atom stereocenters. The van der Waals surface area contributed by atoms with Gasteiger partial charge in [0.1, 0.15) is 12.1 Å². The van der Waals surface area contributed by atoms with Crippen molar-refractivity contribution in [2.75, 3.05) is 18.4 Å². The van der Waals surface area contributed by atoms with Gasteiger partial charge >= 0.3 is 0 Å². The van der Waals surface area contributed by atoms with Crippen molar-refractivity contribution in [2.24, 2.45) is 0 Å². The van der Waals surface area contributed by atoms with Crippen LogP contribution in [0.5, 0.6) is 0 Å². The van der Waals surface area contributed by atoms with Gasteiger partial charge < -0.3 is 5.32 Å². The smallest absolute Gasteiger partial charge is 0.129 e. The number of aromatic nitrogens is 2. The molecule has 1 aliphatic rings. The Morgan fingerprint density at radius 1 is 1.27 bits per heavy atom. The van der Waals surface area contributed by atoms with E-state index in [0.29, 0.717) is 11.6 Å². The molecular weight excluding hydrogens is 274 g/mol. The molecule has 0 radical (unpaired) electrons. The zero-order chi connectivity index (χ0) is 15.2. The van der Waals surface area contributed by atoms with Crippen LogP contribution in [-0.4, -0.2) is 34.0 Å². The summed E-state index contributed by atoms with van der Waals surface area (Å²) in [6.07, 6.45) is 5.67. The summed E-state index contributed by atoms with van der Waals surface area (Å²) in [6.45, 7) is 3.04. The van der Waals surface area contributed by atoms with Gasteiger partial charge in [-0.25, -0.2) is 9.97 Å². The highest BCUT2D eigenvalue weighted by atomic mass is 15.2. The summed E-state index contributed by atoms with van der Waals surface area (Å²) in [5, 5.41) is 12.3. The van der Waals surface area contributed by atoms with Gasteiger partial charge in [0.2, 0.25) is 0 Å². The molecule has 1 saturated heterocycles. The zero-order valence-corrected chi connectivity index (χ0v) is 12.4. The molecule has 1 aliphatic heterocycles. The standard InChI is InChI=1S/C17H19N5/c18-10-14-3-5-15(6-4-14)11-22-9-1-2-16(12-22)21-17-7-8-19-13-20-17/h3-8,13,16H,1-2,9,11-12H2,(H,19,20,21). The number of piperidine rings is 1. The first-order valence-electron chi connectivity index (χ1n) is 7.57. The molecular formula is C17H19N5. The van der Waals surface area contributed by atoms with Gasteiger partial charge in [-0.15, -0.1) is 0 Å². The Morgan fingerprint density at radius 3 is 2.86 bits per heavy atom. The van der Waals surface area contributed by atoms with Crippen molar-refractivity contribution in [3.05, 3.63) is 54.0 Å². The Balaban J connectivity index is 1.57. The van der Waals surface area contributed by atoms with Crippen molar-refractivity contribution in [1.29, 1.82) is 5.26 Å². The predicted molar refractivity (Wildman–Crippen MR) is 85.1 cm³/mol. The van der Waals surface area contributed by atoms with E-state index >= 15 is 0 Å². The van der Waals surface area contributed by atoms with Gasteiger partial charge in [0.15, 0.2) is 0 Å². The highest BCUT2D eigenvalue weighted by Gasteiger charge is 2.20. The first-order valence-corrected chi connectivity index (χ1v) is 7.57. The van der Waals surface area contributed by atoms with Crippen LogP contribution in [0.25, 0.3) is 0 Å². The molecule has 1 aromatic heterocycles. The Kier molecular flexibility index (Phi) is 4.62. The van der Waals surface area contributed by atoms with Crippen LogP contribution in [-0.2, 0) is 6.54 Å². The van der Waals surface area contributed by atoms with Crippen molar-refractivity contribution in [1.82, 2.24) is 14.9 Å². The molecule has 0 saturated carbocycles. The topological polar surface area (TPSA) is 64.8 Å². The van der Waals surface area contributed by atoms with E-state index < -0.39 is 0 Å². The molecule has 2 heterocycles. The fourth-order valence-corrected chi connectivity index (χ4v) is 2.85. The van der Waals surface area contributed by atoms with Crippen LogP contribution in [0.1, 0.15) is 24.0 Å². The van der Waals surface area contributed by atoms with E-state index in [-0.39, 0.29) is 0 Å². The largest absolute Gasteiger partial charge is 0.366 e. The minimum absolute atomic E-state index is 0.419. The molecule has 1 aromatic carbocycles. The summed E-state index contributed by atoms with van der Waals surface area (Å²) in [6, 6.07) is 12.3. The van der Waals surface area contributed by atoms with Gasteiger partial charge in [0.05, 0.1) is 11.6 Å². The van der Waals surface area contributed by atoms with Crippen molar-refractivity contribution >= 4 is 5.82 Å². The van der Waals surface area contributed by atoms with Gasteiger partial charge in [0.25, 0.3) is 0 Å². The lowest BCUT2D eigenvalue weighted by Gasteiger charge is -2.33. The van der Waals surface area contributed by atoms with E-state index in [4.69, 9.17) is 5.26 Å². The van der Waals surface area contributed by atoms with E-state index in [0.717, 1.165) is 31.9 Å². The number of nitrogens with zero attached hydrogens (tertiary/aromatic N) is 4. The molecule has 1 atom stereocenters. The average Bonchev–Trinajstić information content (AvgIpc) is 2.57. The molecule has 22 heavy (non-hydrogen) atoms. The van der Waals surface area contributed by atoms with E-state index in [2.05, 4.69) is 26.3 Å². The monoisotopic (exact) mass is 293 g/mol. The number of benzene rings is 1. The van der Waals surface area contributed by atoms with Crippen molar-refractivity contribution in [2.45, 2.75) is 25.4 Å². The molecule has 0 amide bonds. The van der Waals surface area contributed by atoms with E-state index in [1.54, 1.807) is 12.5 Å². The maximum absolute atomic E-state index is 8.85. The maximum atomic E-state index is 8.85. The lowest BCUT2D eigenvalue weighted by atomic mass is 10.0. The van der Waals surface area contributed by atoms with Gasteiger partial charge in [-0.05, 0) is 43.1 Å². The normalized spacial score (nSPS) is 18.6. The zero-order valence-electron chi connectivity index (χ0n) is 12.4. The van der Waals surface area contributed by atoms with Crippen molar-refractivity contribution in [3.8, 4) is 6.07 Å². The second-order valence-electron chi connectivity index (χ2n) is 5.62. The van der Waals surface area contributed by atoms with Crippen LogP contribution >= 0.6 is 0 Å². The molecule has 3 rings (SSSR count). The lowest BCUT2D eigenvalue weighted by molar-refractivity contribution is 0.208. The van der Waals surface area contributed by atoms with E-state index in [1.807, 2.05) is 30.3 Å². The highest BCUT2D eigenvalue weighted by molar-refractivity contribution is 5.33. The molecule has 5 nitrogen and oxygen atoms in total. The van der Waals surface area contributed by atoms with Crippen LogP contribution in [0.15, 0.2) is 42.9 Å². The number of hydrogen-bond acceptors (Lipinski definition) is 5. The van der Waals surface area contributed by atoms with Crippen LogP contribution in [0.3, 0.4) is 0 Å². The third-order valence-corrected chi connectivity index (χ3v) is 3.93. The average molecular weight is 293 g/mol. The molecule has 0 aliphatic carbocycles. The Bertz CT molecular complexity index is 632. The SMILES string of the molecule is N#Cc1ccc(CN2CCCC(Nc3ccncn3)C2)cc1. The first-order chi connectivity index (χ1) is 10.8. The second-order valence-corrected chi connectivity index (χ2v) is 5.62. The van der Waals surface area contributed by atoms with Gasteiger partial charge in [-0.3, -0.25) is 4.90 Å². The van der Waals surface area contributed by atoms with Crippen LogP contribution < -0.4 is 5.32 Å². The van der Waals surface area contributed by atoms with Gasteiger partial charge in [-0.2, -0.15) is 5.26 Å². The molecule has 112 valence electrons. The van der Waals surface area contributed by atoms with Crippen LogP contribution in [0.2, 0.25) is 0 Å². The molecule has 0 spiro atoms. The first kappa shape index (κ1) is 14.5. The number of nitriles is 1. The Hall–Kier alpha value is -2.45. The number of hydrogen-bond donors (Lipinski definition) is 1. The minimum atomic E-state index is 0.419. The molecule has 5 heteroatoms. The second kappa shape index (κ2) is 7.01. The Morgan fingerprint density at radius 2 is 2.14 bits per heavy atom. The highest BCUT2D eigenvalue weighted by Crippen LogP contribution is 2.17. The molecule has 1 N–H and O–H groups in total. The molecule has 1 fully saturated rings. The van der Waals surface area contributed by atoms with Crippen molar-refractivity contribution < 1.29 is 0 Å². The summed E-state index contributed by atoms with van der Waals surface area (Å²) in [5.41, 5.74) is 1.97. The number of rotatable bonds is 4. The molecule has 0 bridgehead atoms. The molecule has 2 aromatic rings. The lowest BCUT2D eigenvalue weighted by Crippen LogP contribution is -2.41. The summed E-state index contributed by atoms with van der Waals surface area (Å²) in [4.78, 5) is 10.6. The van der Waals surface area contributed by atoms with Crippen LogP contribution in [0, 0.1) is 11.3 Å². The third-order valence-electron chi connectivity index (χ3n) is 3.93. The van der Waals surface area contributed by atoms with Crippen molar-refractivity contribution in [3.63, 3.8) is 0 Å². The maximum Gasteiger partial charge on any atom is 0.129 e. The quantitative estimate of drug-likeness (QED) is 0.938. The van der Waals surface area contributed by atoms with Crippen LogP contribution in [0.4, 0.5) is 5.82 Å². The fraction of sp³-hybridized carbons (Fsp3) is 0.353. The van der Waals surface area contributed by atoms with E-state index in [9.17, 15) is 0 Å². The third kappa shape index (κ3) is 3.80.